The highest BCUT2D eigenvalue weighted by Gasteiger charge is 2.52. The number of alkyl halides is 3. The van der Waals surface area contributed by atoms with Crippen molar-refractivity contribution in [2.45, 2.75) is 30.6 Å². The third kappa shape index (κ3) is 4.21. The standard InChI is InChI=1S/C18H14ClF3N4O/c19-14-7-10(1-2-11(14)9-23)13-8-15(26-16(13)18(20,21)22)17(27)25-12-3-5-24-6-4-12/h1-7,13,15-16,26H,8H2,(H,24,25,27). The number of hydrogen-bond acceptors (Lipinski definition) is 4. The highest BCUT2D eigenvalue weighted by atomic mass is 35.5. The van der Waals surface area contributed by atoms with E-state index in [4.69, 9.17) is 16.9 Å². The maximum atomic E-state index is 13.5. The first-order valence-electron chi connectivity index (χ1n) is 8.03. The fourth-order valence-corrected chi connectivity index (χ4v) is 3.37. The van der Waals surface area contributed by atoms with Gasteiger partial charge in [-0.25, -0.2) is 0 Å². The van der Waals surface area contributed by atoms with Crippen molar-refractivity contribution < 1.29 is 18.0 Å². The normalized spacial score (nSPS) is 22.3. The summed E-state index contributed by atoms with van der Waals surface area (Å²) in [6.07, 6.45) is -1.66. The van der Waals surface area contributed by atoms with Crippen LogP contribution in [-0.2, 0) is 4.79 Å². The van der Waals surface area contributed by atoms with Crippen molar-refractivity contribution in [2.24, 2.45) is 0 Å². The first kappa shape index (κ1) is 19.1. The molecule has 1 aromatic carbocycles. The summed E-state index contributed by atoms with van der Waals surface area (Å²) >= 11 is 5.97. The van der Waals surface area contributed by atoms with Crippen LogP contribution in [0.25, 0.3) is 0 Å². The largest absolute Gasteiger partial charge is 0.404 e. The lowest BCUT2D eigenvalue weighted by Gasteiger charge is -2.22. The number of rotatable bonds is 3. The summed E-state index contributed by atoms with van der Waals surface area (Å²) in [5, 5.41) is 14.0. The van der Waals surface area contributed by atoms with Crippen LogP contribution in [0.15, 0.2) is 42.7 Å². The Balaban J connectivity index is 1.84. The first-order chi connectivity index (χ1) is 12.8. The van der Waals surface area contributed by atoms with Crippen LogP contribution >= 0.6 is 11.6 Å². The highest BCUT2D eigenvalue weighted by molar-refractivity contribution is 6.31. The number of nitrogens with zero attached hydrogens (tertiary/aromatic N) is 2. The minimum absolute atomic E-state index is 0.0523. The summed E-state index contributed by atoms with van der Waals surface area (Å²) in [4.78, 5) is 16.2. The van der Waals surface area contributed by atoms with E-state index in [-0.39, 0.29) is 17.0 Å². The summed E-state index contributed by atoms with van der Waals surface area (Å²) < 4.78 is 40.6. The second kappa shape index (κ2) is 7.55. The van der Waals surface area contributed by atoms with Crippen molar-refractivity contribution in [1.29, 1.82) is 5.26 Å². The number of halogens is 4. The number of nitrogens with one attached hydrogen (secondary N) is 2. The van der Waals surface area contributed by atoms with Gasteiger partial charge in [0, 0.05) is 24.0 Å². The molecule has 0 saturated carbocycles. The van der Waals surface area contributed by atoms with Gasteiger partial charge in [-0.1, -0.05) is 17.7 Å². The van der Waals surface area contributed by atoms with Gasteiger partial charge in [-0.05, 0) is 36.2 Å². The number of benzene rings is 1. The number of aromatic nitrogens is 1. The van der Waals surface area contributed by atoms with E-state index in [1.54, 1.807) is 12.1 Å². The minimum Gasteiger partial charge on any atom is -0.325 e. The van der Waals surface area contributed by atoms with Crippen molar-refractivity contribution in [1.82, 2.24) is 10.3 Å². The Labute approximate surface area is 158 Å². The van der Waals surface area contributed by atoms with Crippen LogP contribution in [0.4, 0.5) is 18.9 Å². The molecule has 1 aliphatic heterocycles. The smallest absolute Gasteiger partial charge is 0.325 e. The SMILES string of the molecule is N#Cc1ccc(C2CC(C(=O)Nc3ccncc3)NC2C(F)(F)F)cc1Cl. The van der Waals surface area contributed by atoms with E-state index in [1.165, 1.54) is 30.6 Å². The fourth-order valence-electron chi connectivity index (χ4n) is 3.14. The molecule has 9 heteroatoms. The molecule has 0 spiro atoms. The number of hydrogen-bond donors (Lipinski definition) is 2. The van der Waals surface area contributed by atoms with Crippen LogP contribution in [0, 0.1) is 11.3 Å². The zero-order valence-electron chi connectivity index (χ0n) is 13.8. The minimum atomic E-state index is -4.54. The summed E-state index contributed by atoms with van der Waals surface area (Å²) in [5.41, 5.74) is 0.958. The van der Waals surface area contributed by atoms with Crippen molar-refractivity contribution in [2.75, 3.05) is 5.32 Å². The third-order valence-electron chi connectivity index (χ3n) is 4.43. The first-order valence-corrected chi connectivity index (χ1v) is 8.40. The predicted molar refractivity (Wildman–Crippen MR) is 93.2 cm³/mol. The quantitative estimate of drug-likeness (QED) is 0.833. The molecule has 2 aromatic rings. The molecule has 5 nitrogen and oxygen atoms in total. The molecule has 0 aliphatic carbocycles. The van der Waals surface area contributed by atoms with Gasteiger partial charge in [-0.3, -0.25) is 15.1 Å². The van der Waals surface area contributed by atoms with Crippen molar-refractivity contribution in [3.8, 4) is 6.07 Å². The van der Waals surface area contributed by atoms with E-state index in [9.17, 15) is 18.0 Å². The second-order valence-corrected chi connectivity index (χ2v) is 6.56. The van der Waals surface area contributed by atoms with Crippen LogP contribution in [0.3, 0.4) is 0 Å². The monoisotopic (exact) mass is 394 g/mol. The van der Waals surface area contributed by atoms with E-state index in [0.29, 0.717) is 11.3 Å². The molecule has 2 heterocycles. The zero-order valence-corrected chi connectivity index (χ0v) is 14.6. The van der Waals surface area contributed by atoms with Crippen molar-refractivity contribution in [3.05, 3.63) is 58.9 Å². The van der Waals surface area contributed by atoms with Crippen LogP contribution in [0.5, 0.6) is 0 Å². The Hall–Kier alpha value is -2.63. The second-order valence-electron chi connectivity index (χ2n) is 6.16. The number of nitriles is 1. The van der Waals surface area contributed by atoms with E-state index in [0.717, 1.165) is 0 Å². The zero-order chi connectivity index (χ0) is 19.6. The molecule has 1 aromatic heterocycles. The van der Waals surface area contributed by atoms with Gasteiger partial charge in [0.15, 0.2) is 0 Å². The molecule has 140 valence electrons. The van der Waals surface area contributed by atoms with Gasteiger partial charge >= 0.3 is 6.18 Å². The van der Waals surface area contributed by atoms with Gasteiger partial charge in [0.25, 0.3) is 0 Å². The molecule has 1 amide bonds. The summed E-state index contributed by atoms with van der Waals surface area (Å²) in [6.45, 7) is 0. The summed E-state index contributed by atoms with van der Waals surface area (Å²) in [5.74, 6) is -1.55. The van der Waals surface area contributed by atoms with Gasteiger partial charge in [-0.15, -0.1) is 0 Å². The number of carbonyl (C=O) groups excluding carboxylic acids is 1. The molecule has 2 N–H and O–H groups in total. The van der Waals surface area contributed by atoms with Crippen LogP contribution < -0.4 is 10.6 Å². The predicted octanol–water partition coefficient (Wildman–Crippen LogP) is 3.62. The lowest BCUT2D eigenvalue weighted by molar-refractivity contribution is -0.156. The Morgan fingerprint density at radius 2 is 2.00 bits per heavy atom. The molecule has 3 unspecified atom stereocenters. The Bertz CT molecular complexity index is 882. The number of amides is 1. The Kier molecular flexibility index (Phi) is 5.35. The van der Waals surface area contributed by atoms with E-state index >= 15 is 0 Å². The highest BCUT2D eigenvalue weighted by Crippen LogP contribution is 2.40. The topological polar surface area (TPSA) is 77.8 Å². The lowest BCUT2D eigenvalue weighted by Crippen LogP contribution is -2.46. The molecular weight excluding hydrogens is 381 g/mol. The summed E-state index contributed by atoms with van der Waals surface area (Å²) in [6, 6.07) is 6.23. The Morgan fingerprint density at radius 1 is 1.30 bits per heavy atom. The fraction of sp³-hybridized carbons (Fsp3) is 0.278. The number of anilines is 1. The molecule has 27 heavy (non-hydrogen) atoms. The van der Waals surface area contributed by atoms with Gasteiger partial charge in [-0.2, -0.15) is 18.4 Å². The molecule has 1 saturated heterocycles. The maximum Gasteiger partial charge on any atom is 0.404 e. The maximum absolute atomic E-state index is 13.5. The van der Waals surface area contributed by atoms with E-state index in [1.807, 2.05) is 6.07 Å². The van der Waals surface area contributed by atoms with Gasteiger partial charge < -0.3 is 5.32 Å². The molecule has 0 radical (unpaired) electrons. The molecule has 1 fully saturated rings. The van der Waals surface area contributed by atoms with Crippen molar-refractivity contribution in [3.63, 3.8) is 0 Å². The number of carbonyl (C=O) groups is 1. The molecule has 1 aliphatic rings. The van der Waals surface area contributed by atoms with Gasteiger partial charge in [0.05, 0.1) is 16.6 Å². The van der Waals surface area contributed by atoms with Crippen molar-refractivity contribution >= 4 is 23.2 Å². The van der Waals surface area contributed by atoms with Crippen LogP contribution in [0.1, 0.15) is 23.5 Å². The van der Waals surface area contributed by atoms with Gasteiger partial charge in [0.1, 0.15) is 12.1 Å². The van der Waals surface area contributed by atoms with Gasteiger partial charge in [0.2, 0.25) is 5.91 Å². The third-order valence-corrected chi connectivity index (χ3v) is 4.74. The van der Waals surface area contributed by atoms with E-state index in [2.05, 4.69) is 15.6 Å². The molecule has 3 rings (SSSR count). The van der Waals surface area contributed by atoms with Crippen LogP contribution in [-0.4, -0.2) is 29.2 Å². The molecule has 0 bridgehead atoms. The average molecular weight is 395 g/mol. The molecular formula is C18H14ClF3N4O. The van der Waals surface area contributed by atoms with Crippen LogP contribution in [0.2, 0.25) is 5.02 Å². The average Bonchev–Trinajstić information content (AvgIpc) is 3.08. The summed E-state index contributed by atoms with van der Waals surface area (Å²) in [7, 11) is 0. The molecule has 3 atom stereocenters. The lowest BCUT2D eigenvalue weighted by atomic mass is 9.89. The van der Waals surface area contributed by atoms with E-state index < -0.39 is 30.1 Å². The Morgan fingerprint density at radius 3 is 2.59 bits per heavy atom. The number of pyridine rings is 1.